The van der Waals surface area contributed by atoms with Gasteiger partial charge in [0.2, 0.25) is 0 Å². The number of nitrogens with one attached hydrogen (secondary N) is 1. The van der Waals surface area contributed by atoms with Gasteiger partial charge in [0.1, 0.15) is 5.75 Å². The van der Waals surface area contributed by atoms with Crippen LogP contribution in [0.1, 0.15) is 23.7 Å². The van der Waals surface area contributed by atoms with Gasteiger partial charge in [-0.25, -0.2) is 0 Å². The Kier molecular flexibility index (Phi) is 2.75. The highest BCUT2D eigenvalue weighted by atomic mass is 16.5. The summed E-state index contributed by atoms with van der Waals surface area (Å²) in [5.74, 6) is 0.949. The van der Waals surface area contributed by atoms with E-state index in [2.05, 4.69) is 34.0 Å². The Balaban J connectivity index is 1.81. The van der Waals surface area contributed by atoms with Crippen molar-refractivity contribution in [3.63, 3.8) is 0 Å². The number of ether oxygens (including phenoxy) is 1. The third kappa shape index (κ3) is 1.75. The molecule has 1 fully saturated rings. The van der Waals surface area contributed by atoms with Crippen molar-refractivity contribution in [2.24, 2.45) is 0 Å². The lowest BCUT2D eigenvalue weighted by atomic mass is 9.94. The molecule has 20 heavy (non-hydrogen) atoms. The van der Waals surface area contributed by atoms with E-state index in [4.69, 9.17) is 4.74 Å². The fraction of sp³-hybridized carbons (Fsp3) is 0.500. The fourth-order valence-electron chi connectivity index (χ4n) is 3.74. The summed E-state index contributed by atoms with van der Waals surface area (Å²) in [5, 5.41) is 1.35. The molecule has 1 unspecified atom stereocenters. The molecule has 0 bridgehead atoms. The maximum Gasteiger partial charge on any atom is 0.119 e. The van der Waals surface area contributed by atoms with Gasteiger partial charge in [0.25, 0.3) is 0 Å². The van der Waals surface area contributed by atoms with E-state index in [9.17, 15) is 0 Å². The van der Waals surface area contributed by atoms with Crippen LogP contribution in [0, 0.1) is 0 Å². The van der Waals surface area contributed by atoms with Gasteiger partial charge >= 0.3 is 0 Å². The smallest absolute Gasteiger partial charge is 0.119 e. The molecule has 1 aromatic carbocycles. The second kappa shape index (κ2) is 4.50. The molecule has 2 aliphatic heterocycles. The van der Waals surface area contributed by atoms with E-state index in [0.29, 0.717) is 6.04 Å². The monoisotopic (exact) mass is 271 g/mol. The molecule has 1 saturated heterocycles. The molecular formula is C16H21N3O. The molecule has 0 saturated carbocycles. The average Bonchev–Trinajstić information content (AvgIpc) is 2.84. The van der Waals surface area contributed by atoms with Crippen LogP contribution in [0.25, 0.3) is 10.9 Å². The first kappa shape index (κ1) is 12.2. The minimum atomic E-state index is 0.563. The Morgan fingerprint density at radius 1 is 1.30 bits per heavy atom. The molecule has 1 N–H and O–H groups in total. The highest BCUT2D eigenvalue weighted by Crippen LogP contribution is 2.38. The van der Waals surface area contributed by atoms with Gasteiger partial charge in [-0.15, -0.1) is 0 Å². The van der Waals surface area contributed by atoms with E-state index in [1.165, 1.54) is 35.1 Å². The first-order valence-electron chi connectivity index (χ1n) is 7.37. The number of nitrogens with zero attached hydrogens (tertiary/aromatic N) is 2. The number of rotatable bonds is 1. The summed E-state index contributed by atoms with van der Waals surface area (Å²) in [6.45, 7) is 3.42. The normalized spacial score (nSPS) is 23.6. The standard InChI is InChI=1S/C16H21N3O/c1-18-7-6-15-16-12(5-8-19(15)10-18)13-9-11(20-2)3-4-14(13)17-16/h3-4,9,15,17H,5-8,10H2,1-2H3. The van der Waals surface area contributed by atoms with Crippen LogP contribution in [0.4, 0.5) is 0 Å². The Morgan fingerprint density at radius 2 is 2.20 bits per heavy atom. The molecule has 1 aromatic heterocycles. The lowest BCUT2D eigenvalue weighted by Gasteiger charge is -2.42. The Morgan fingerprint density at radius 3 is 3.05 bits per heavy atom. The SMILES string of the molecule is COc1ccc2[nH]c3c(c2c1)CCN1CN(C)CCC31. The van der Waals surface area contributed by atoms with Crippen LogP contribution in [-0.4, -0.2) is 48.7 Å². The number of H-pyrrole nitrogens is 1. The van der Waals surface area contributed by atoms with Gasteiger partial charge in [-0.3, -0.25) is 9.80 Å². The molecule has 106 valence electrons. The van der Waals surface area contributed by atoms with Crippen molar-refractivity contribution in [3.8, 4) is 5.75 Å². The number of aromatic amines is 1. The molecule has 0 amide bonds. The molecule has 4 rings (SSSR count). The molecule has 2 aromatic rings. The second-order valence-corrected chi connectivity index (χ2v) is 6.02. The second-order valence-electron chi connectivity index (χ2n) is 6.02. The third-order valence-corrected chi connectivity index (χ3v) is 4.78. The molecule has 2 aliphatic rings. The summed E-state index contributed by atoms with van der Waals surface area (Å²) in [7, 11) is 3.95. The van der Waals surface area contributed by atoms with E-state index >= 15 is 0 Å². The minimum absolute atomic E-state index is 0.563. The zero-order valence-electron chi connectivity index (χ0n) is 12.1. The van der Waals surface area contributed by atoms with Crippen molar-refractivity contribution < 1.29 is 4.74 Å². The highest BCUT2D eigenvalue weighted by Gasteiger charge is 2.33. The summed E-state index contributed by atoms with van der Waals surface area (Å²) in [4.78, 5) is 8.67. The van der Waals surface area contributed by atoms with Gasteiger partial charge < -0.3 is 9.72 Å². The maximum absolute atomic E-state index is 5.37. The Hall–Kier alpha value is -1.52. The van der Waals surface area contributed by atoms with E-state index in [1.807, 2.05) is 6.07 Å². The van der Waals surface area contributed by atoms with Gasteiger partial charge in [0.15, 0.2) is 0 Å². The van der Waals surface area contributed by atoms with E-state index in [0.717, 1.165) is 25.4 Å². The predicted octanol–water partition coefficient (Wildman–Crippen LogP) is 2.37. The van der Waals surface area contributed by atoms with Crippen molar-refractivity contribution in [2.45, 2.75) is 18.9 Å². The molecule has 4 nitrogen and oxygen atoms in total. The zero-order chi connectivity index (χ0) is 13.7. The first-order chi connectivity index (χ1) is 9.76. The van der Waals surface area contributed by atoms with Crippen LogP contribution in [0.3, 0.4) is 0 Å². The molecule has 1 atom stereocenters. The van der Waals surface area contributed by atoms with E-state index in [1.54, 1.807) is 7.11 Å². The van der Waals surface area contributed by atoms with Crippen LogP contribution < -0.4 is 4.74 Å². The van der Waals surface area contributed by atoms with Gasteiger partial charge in [-0.2, -0.15) is 0 Å². The van der Waals surface area contributed by atoms with Crippen LogP contribution in [0.2, 0.25) is 0 Å². The third-order valence-electron chi connectivity index (χ3n) is 4.78. The van der Waals surface area contributed by atoms with E-state index < -0.39 is 0 Å². The molecule has 3 heterocycles. The Labute approximate surface area is 119 Å². The van der Waals surface area contributed by atoms with Crippen LogP contribution in [0.15, 0.2) is 18.2 Å². The van der Waals surface area contributed by atoms with Gasteiger partial charge in [-0.05, 0) is 43.7 Å². The lowest BCUT2D eigenvalue weighted by molar-refractivity contribution is 0.0462. The number of aromatic nitrogens is 1. The largest absolute Gasteiger partial charge is 0.497 e. The zero-order valence-corrected chi connectivity index (χ0v) is 12.1. The van der Waals surface area contributed by atoms with Crippen molar-refractivity contribution in [3.05, 3.63) is 29.5 Å². The Bertz CT molecular complexity index is 648. The van der Waals surface area contributed by atoms with Crippen molar-refractivity contribution >= 4 is 10.9 Å². The van der Waals surface area contributed by atoms with Crippen molar-refractivity contribution in [2.75, 3.05) is 33.9 Å². The quantitative estimate of drug-likeness (QED) is 0.864. The number of hydrogen-bond donors (Lipinski definition) is 1. The van der Waals surface area contributed by atoms with Crippen LogP contribution in [-0.2, 0) is 6.42 Å². The summed E-state index contributed by atoms with van der Waals surface area (Å²) < 4.78 is 5.37. The van der Waals surface area contributed by atoms with E-state index in [-0.39, 0.29) is 0 Å². The van der Waals surface area contributed by atoms with Gasteiger partial charge in [0, 0.05) is 29.7 Å². The molecule has 4 heteroatoms. The molecule has 0 spiro atoms. The lowest BCUT2D eigenvalue weighted by Crippen LogP contribution is -2.47. The number of methoxy groups -OCH3 is 1. The van der Waals surface area contributed by atoms with Gasteiger partial charge in [-0.1, -0.05) is 0 Å². The maximum atomic E-state index is 5.37. The summed E-state index contributed by atoms with van der Waals surface area (Å²) in [6.07, 6.45) is 2.35. The number of fused-ring (bicyclic) bond motifs is 5. The summed E-state index contributed by atoms with van der Waals surface area (Å²) >= 11 is 0. The summed E-state index contributed by atoms with van der Waals surface area (Å²) in [5.41, 5.74) is 4.19. The average molecular weight is 271 g/mol. The topological polar surface area (TPSA) is 31.5 Å². The number of hydrogen-bond acceptors (Lipinski definition) is 3. The molecule has 0 radical (unpaired) electrons. The van der Waals surface area contributed by atoms with Crippen molar-refractivity contribution in [1.82, 2.24) is 14.8 Å². The predicted molar refractivity (Wildman–Crippen MR) is 80.1 cm³/mol. The van der Waals surface area contributed by atoms with Crippen LogP contribution in [0.5, 0.6) is 5.75 Å². The first-order valence-corrected chi connectivity index (χ1v) is 7.37. The molecule has 0 aliphatic carbocycles. The fourth-order valence-corrected chi connectivity index (χ4v) is 3.74. The molecular weight excluding hydrogens is 250 g/mol. The van der Waals surface area contributed by atoms with Crippen LogP contribution >= 0.6 is 0 Å². The van der Waals surface area contributed by atoms with Crippen molar-refractivity contribution in [1.29, 1.82) is 0 Å². The highest BCUT2D eigenvalue weighted by molar-refractivity contribution is 5.86. The number of benzene rings is 1. The van der Waals surface area contributed by atoms with Gasteiger partial charge in [0.05, 0.1) is 19.8 Å². The minimum Gasteiger partial charge on any atom is -0.497 e. The summed E-state index contributed by atoms with van der Waals surface area (Å²) in [6, 6.07) is 6.92.